The van der Waals surface area contributed by atoms with Gasteiger partial charge < -0.3 is 5.32 Å². The first-order valence-electron chi connectivity index (χ1n) is 3.67. The van der Waals surface area contributed by atoms with E-state index in [1.807, 2.05) is 12.1 Å². The molecule has 0 bridgehead atoms. The largest absolute Gasteiger partial charge is 0.384 e. The second kappa shape index (κ2) is 4.63. The number of nitrogens with zero attached hydrogens (tertiary/aromatic N) is 1. The molecular formula is C9H9ClN2. The second-order valence-corrected chi connectivity index (χ2v) is 2.68. The summed E-state index contributed by atoms with van der Waals surface area (Å²) in [5.41, 5.74) is 1.67. The third-order valence-electron chi connectivity index (χ3n) is 1.44. The average Bonchev–Trinajstić information content (AvgIpc) is 2.15. The van der Waals surface area contributed by atoms with Gasteiger partial charge in [-0.3, -0.25) is 0 Å². The van der Waals surface area contributed by atoms with E-state index in [0.717, 1.165) is 12.2 Å². The van der Waals surface area contributed by atoms with Crippen molar-refractivity contribution in [2.24, 2.45) is 0 Å². The fraction of sp³-hybridized carbons (Fsp3) is 0.222. The van der Waals surface area contributed by atoms with Gasteiger partial charge in [0.15, 0.2) is 0 Å². The molecule has 0 atom stereocenters. The Bertz CT molecular complexity index is 274. The van der Waals surface area contributed by atoms with Crippen molar-refractivity contribution in [1.29, 1.82) is 5.26 Å². The summed E-state index contributed by atoms with van der Waals surface area (Å²) in [7, 11) is 0. The van der Waals surface area contributed by atoms with Gasteiger partial charge in [0.1, 0.15) is 0 Å². The summed E-state index contributed by atoms with van der Waals surface area (Å²) in [5, 5.41) is 11.6. The van der Waals surface area contributed by atoms with Crippen molar-refractivity contribution in [3.8, 4) is 6.07 Å². The molecule has 0 fully saturated rings. The standard InChI is InChI=1S/C9H9ClN2/c10-5-6-12-9-3-1-8(7-11)2-4-9/h1-4,12H,5-6H2. The molecule has 2 nitrogen and oxygen atoms in total. The van der Waals surface area contributed by atoms with E-state index in [1.165, 1.54) is 0 Å². The van der Waals surface area contributed by atoms with Crippen LogP contribution in [0, 0.1) is 11.3 Å². The first-order valence-corrected chi connectivity index (χ1v) is 4.20. The fourth-order valence-electron chi connectivity index (χ4n) is 0.854. The van der Waals surface area contributed by atoms with Crippen LogP contribution in [0.1, 0.15) is 5.56 Å². The van der Waals surface area contributed by atoms with Gasteiger partial charge in [-0.15, -0.1) is 11.6 Å². The Morgan fingerprint density at radius 1 is 1.33 bits per heavy atom. The highest BCUT2D eigenvalue weighted by atomic mass is 35.5. The summed E-state index contributed by atoms with van der Waals surface area (Å²) in [6.45, 7) is 0.744. The summed E-state index contributed by atoms with van der Waals surface area (Å²) in [5.74, 6) is 0.583. The minimum absolute atomic E-state index is 0.583. The Labute approximate surface area is 76.8 Å². The first kappa shape index (κ1) is 8.89. The van der Waals surface area contributed by atoms with Crippen LogP contribution in [0.25, 0.3) is 0 Å². The number of rotatable bonds is 3. The van der Waals surface area contributed by atoms with Crippen LogP contribution in [0.4, 0.5) is 5.69 Å². The van der Waals surface area contributed by atoms with Gasteiger partial charge in [0.25, 0.3) is 0 Å². The Hall–Kier alpha value is -1.20. The van der Waals surface area contributed by atoms with Crippen LogP contribution in [0.3, 0.4) is 0 Å². The SMILES string of the molecule is N#Cc1ccc(NCCCl)cc1. The summed E-state index contributed by atoms with van der Waals surface area (Å²) >= 11 is 5.50. The van der Waals surface area contributed by atoms with Gasteiger partial charge in [0.05, 0.1) is 11.6 Å². The topological polar surface area (TPSA) is 35.8 Å². The molecule has 0 unspecified atom stereocenters. The van der Waals surface area contributed by atoms with Gasteiger partial charge in [-0.1, -0.05) is 0 Å². The van der Waals surface area contributed by atoms with Gasteiger partial charge in [-0.05, 0) is 24.3 Å². The van der Waals surface area contributed by atoms with Crippen LogP contribution in [-0.4, -0.2) is 12.4 Å². The Kier molecular flexibility index (Phi) is 3.43. The Morgan fingerprint density at radius 3 is 2.50 bits per heavy atom. The van der Waals surface area contributed by atoms with Gasteiger partial charge in [0, 0.05) is 18.1 Å². The minimum atomic E-state index is 0.583. The summed E-state index contributed by atoms with van der Waals surface area (Å²) in [4.78, 5) is 0. The lowest BCUT2D eigenvalue weighted by Crippen LogP contribution is -2.01. The maximum absolute atomic E-state index is 8.51. The number of hydrogen-bond acceptors (Lipinski definition) is 2. The Morgan fingerprint density at radius 2 is 2.00 bits per heavy atom. The first-order chi connectivity index (χ1) is 5.86. The van der Waals surface area contributed by atoms with Crippen LogP contribution in [0.5, 0.6) is 0 Å². The molecule has 1 aromatic carbocycles. The molecule has 12 heavy (non-hydrogen) atoms. The minimum Gasteiger partial charge on any atom is -0.384 e. The molecule has 0 radical (unpaired) electrons. The van der Waals surface area contributed by atoms with Crippen LogP contribution in [0.15, 0.2) is 24.3 Å². The molecule has 1 rings (SSSR count). The molecule has 1 aromatic rings. The molecule has 0 spiro atoms. The number of benzene rings is 1. The second-order valence-electron chi connectivity index (χ2n) is 2.30. The van der Waals surface area contributed by atoms with Crippen molar-refractivity contribution in [2.75, 3.05) is 17.7 Å². The summed E-state index contributed by atoms with van der Waals surface area (Å²) in [6.07, 6.45) is 0. The van der Waals surface area contributed by atoms with Gasteiger partial charge in [0.2, 0.25) is 0 Å². The monoisotopic (exact) mass is 180 g/mol. The number of nitrogens with one attached hydrogen (secondary N) is 1. The normalized spacial score (nSPS) is 9.00. The average molecular weight is 181 g/mol. The number of hydrogen-bond donors (Lipinski definition) is 1. The van der Waals surface area contributed by atoms with E-state index >= 15 is 0 Å². The quantitative estimate of drug-likeness (QED) is 0.724. The number of anilines is 1. The maximum Gasteiger partial charge on any atom is 0.0991 e. The number of alkyl halides is 1. The molecular weight excluding hydrogens is 172 g/mol. The molecule has 0 aliphatic rings. The molecule has 62 valence electrons. The zero-order chi connectivity index (χ0) is 8.81. The Balaban J connectivity index is 2.60. The van der Waals surface area contributed by atoms with Crippen LogP contribution in [-0.2, 0) is 0 Å². The van der Waals surface area contributed by atoms with E-state index in [9.17, 15) is 0 Å². The predicted octanol–water partition coefficient (Wildman–Crippen LogP) is 2.21. The zero-order valence-electron chi connectivity index (χ0n) is 6.55. The van der Waals surface area contributed by atoms with Crippen molar-refractivity contribution in [3.05, 3.63) is 29.8 Å². The van der Waals surface area contributed by atoms with E-state index < -0.39 is 0 Å². The predicted molar refractivity (Wildman–Crippen MR) is 50.4 cm³/mol. The molecule has 1 N–H and O–H groups in total. The molecule has 0 saturated heterocycles. The van der Waals surface area contributed by atoms with Gasteiger partial charge >= 0.3 is 0 Å². The highest BCUT2D eigenvalue weighted by molar-refractivity contribution is 6.18. The smallest absolute Gasteiger partial charge is 0.0991 e. The highest BCUT2D eigenvalue weighted by Gasteiger charge is 1.90. The van der Waals surface area contributed by atoms with Crippen LogP contribution in [0.2, 0.25) is 0 Å². The van der Waals surface area contributed by atoms with E-state index in [-0.39, 0.29) is 0 Å². The number of halogens is 1. The van der Waals surface area contributed by atoms with Crippen molar-refractivity contribution in [1.82, 2.24) is 0 Å². The molecule has 3 heteroatoms. The highest BCUT2D eigenvalue weighted by Crippen LogP contribution is 2.07. The molecule has 0 aliphatic heterocycles. The van der Waals surface area contributed by atoms with E-state index in [2.05, 4.69) is 11.4 Å². The lowest BCUT2D eigenvalue weighted by Gasteiger charge is -2.02. The lowest BCUT2D eigenvalue weighted by molar-refractivity contribution is 1.22. The van der Waals surface area contributed by atoms with E-state index in [4.69, 9.17) is 16.9 Å². The molecule has 0 saturated carbocycles. The van der Waals surface area contributed by atoms with Crippen molar-refractivity contribution in [3.63, 3.8) is 0 Å². The molecule has 0 heterocycles. The van der Waals surface area contributed by atoms with Crippen LogP contribution >= 0.6 is 11.6 Å². The lowest BCUT2D eigenvalue weighted by atomic mass is 10.2. The summed E-state index contributed by atoms with van der Waals surface area (Å²) in [6, 6.07) is 9.34. The maximum atomic E-state index is 8.51. The fourth-order valence-corrected chi connectivity index (χ4v) is 0.949. The third kappa shape index (κ3) is 2.44. The van der Waals surface area contributed by atoms with Gasteiger partial charge in [-0.2, -0.15) is 5.26 Å². The molecule has 0 amide bonds. The van der Waals surface area contributed by atoms with Crippen molar-refractivity contribution >= 4 is 17.3 Å². The van der Waals surface area contributed by atoms with E-state index in [0.29, 0.717) is 11.4 Å². The molecule has 0 aliphatic carbocycles. The van der Waals surface area contributed by atoms with Crippen LogP contribution < -0.4 is 5.32 Å². The van der Waals surface area contributed by atoms with Crippen molar-refractivity contribution in [2.45, 2.75) is 0 Å². The summed E-state index contributed by atoms with van der Waals surface area (Å²) < 4.78 is 0. The zero-order valence-corrected chi connectivity index (χ0v) is 7.30. The van der Waals surface area contributed by atoms with Gasteiger partial charge in [-0.25, -0.2) is 0 Å². The van der Waals surface area contributed by atoms with E-state index in [1.54, 1.807) is 12.1 Å². The number of nitriles is 1. The molecule has 0 aromatic heterocycles. The van der Waals surface area contributed by atoms with Crippen molar-refractivity contribution < 1.29 is 0 Å². The third-order valence-corrected chi connectivity index (χ3v) is 1.63.